The van der Waals surface area contributed by atoms with E-state index in [-0.39, 0.29) is 24.3 Å². The number of hydrogen-bond acceptors (Lipinski definition) is 5. The van der Waals surface area contributed by atoms with Crippen molar-refractivity contribution in [1.82, 2.24) is 0 Å². The van der Waals surface area contributed by atoms with Gasteiger partial charge in [-0.1, -0.05) is 54.7 Å². The molecule has 0 fully saturated rings. The summed E-state index contributed by atoms with van der Waals surface area (Å²) in [7, 11) is 0. The first-order valence-electron chi connectivity index (χ1n) is 10.4. The fourth-order valence-electron chi connectivity index (χ4n) is 2.76. The van der Waals surface area contributed by atoms with E-state index in [0.29, 0.717) is 25.7 Å². The number of carbonyl (C=O) groups is 2. The fourth-order valence-corrected chi connectivity index (χ4v) is 2.76. The average molecular weight is 403 g/mol. The molecule has 0 saturated heterocycles. The maximum atomic E-state index is 11.9. The molecule has 0 bridgehead atoms. The van der Waals surface area contributed by atoms with Gasteiger partial charge in [0.2, 0.25) is 0 Å². The Bertz CT molecular complexity index is 627. The number of aliphatic hydroxyl groups excluding tert-OH is 2. The third-order valence-electron chi connectivity index (χ3n) is 4.36. The van der Waals surface area contributed by atoms with Crippen LogP contribution in [-0.2, 0) is 14.3 Å². The molecule has 5 nitrogen and oxygen atoms in total. The summed E-state index contributed by atoms with van der Waals surface area (Å²) < 4.78 is 5.31. The second kappa shape index (κ2) is 15.7. The molecule has 160 valence electrons. The third-order valence-corrected chi connectivity index (χ3v) is 4.36. The summed E-state index contributed by atoms with van der Waals surface area (Å²) in [5, 5.41) is 19.8. The van der Waals surface area contributed by atoms with E-state index in [1.807, 2.05) is 19.1 Å². The Morgan fingerprint density at radius 2 is 1.66 bits per heavy atom. The molecule has 1 aliphatic rings. The molecule has 0 amide bonds. The van der Waals surface area contributed by atoms with Crippen LogP contribution in [0.4, 0.5) is 0 Å². The molecule has 0 aromatic heterocycles. The Balaban J connectivity index is 2.61. The first-order valence-corrected chi connectivity index (χ1v) is 10.4. The third kappa shape index (κ3) is 14.4. The molecular formula is C24H34O5. The molecule has 3 atom stereocenters. The topological polar surface area (TPSA) is 83.8 Å². The normalized spacial score (nSPS) is 29.0. The number of Topliss-reactive ketones (excluding diaryl/α,β-unsaturated/α-hetero) is 1. The van der Waals surface area contributed by atoms with Gasteiger partial charge in [0.15, 0.2) is 0 Å². The number of ether oxygens (including phenoxy) is 1. The first-order chi connectivity index (χ1) is 14.0. The van der Waals surface area contributed by atoms with Crippen LogP contribution in [0.2, 0.25) is 0 Å². The van der Waals surface area contributed by atoms with Gasteiger partial charge in [-0.3, -0.25) is 4.79 Å². The highest BCUT2D eigenvalue weighted by Gasteiger charge is 2.09. The minimum Gasteiger partial charge on any atom is -0.460 e. The second-order valence-electron chi connectivity index (χ2n) is 7.22. The summed E-state index contributed by atoms with van der Waals surface area (Å²) >= 11 is 0. The molecule has 0 spiro atoms. The number of allylic oxidation sites excluding steroid dienone is 6. The van der Waals surface area contributed by atoms with Gasteiger partial charge in [-0.25, -0.2) is 4.79 Å². The van der Waals surface area contributed by atoms with Crippen molar-refractivity contribution in [2.24, 2.45) is 0 Å². The Hall–Kier alpha value is -2.24. The zero-order valence-corrected chi connectivity index (χ0v) is 17.3. The van der Waals surface area contributed by atoms with Gasteiger partial charge in [-0.05, 0) is 45.4 Å². The molecular weight excluding hydrogens is 368 g/mol. The molecule has 0 radical (unpaired) electrons. The Kier molecular flexibility index (Phi) is 13.4. The summed E-state index contributed by atoms with van der Waals surface area (Å²) in [6, 6.07) is 0. The van der Waals surface area contributed by atoms with Crippen molar-refractivity contribution in [3.8, 4) is 0 Å². The van der Waals surface area contributed by atoms with Crippen molar-refractivity contribution in [2.45, 2.75) is 76.6 Å². The van der Waals surface area contributed by atoms with Crippen molar-refractivity contribution in [3.63, 3.8) is 0 Å². The molecule has 1 heterocycles. The van der Waals surface area contributed by atoms with E-state index in [1.54, 1.807) is 42.5 Å². The van der Waals surface area contributed by atoms with Crippen molar-refractivity contribution in [2.75, 3.05) is 0 Å². The van der Waals surface area contributed by atoms with E-state index in [4.69, 9.17) is 4.74 Å². The van der Waals surface area contributed by atoms with Gasteiger partial charge in [-0.15, -0.1) is 0 Å². The minimum atomic E-state index is -0.675. The highest BCUT2D eigenvalue weighted by Crippen LogP contribution is 2.08. The number of hydrogen-bond donors (Lipinski definition) is 2. The molecule has 5 heteroatoms. The van der Waals surface area contributed by atoms with Gasteiger partial charge in [-0.2, -0.15) is 0 Å². The van der Waals surface area contributed by atoms with Crippen molar-refractivity contribution in [3.05, 3.63) is 60.8 Å². The van der Waals surface area contributed by atoms with Crippen LogP contribution in [0.3, 0.4) is 0 Å². The molecule has 0 unspecified atom stereocenters. The van der Waals surface area contributed by atoms with E-state index in [0.717, 1.165) is 19.3 Å². The summed E-state index contributed by atoms with van der Waals surface area (Å²) in [6.45, 7) is 1.87. The van der Waals surface area contributed by atoms with Gasteiger partial charge in [0.05, 0.1) is 18.3 Å². The van der Waals surface area contributed by atoms with Gasteiger partial charge >= 0.3 is 5.97 Å². The summed E-state index contributed by atoms with van der Waals surface area (Å²) in [5.41, 5.74) is 0. The fraction of sp³-hybridized carbons (Fsp3) is 0.500. The Labute approximate surface area is 174 Å². The predicted molar refractivity (Wildman–Crippen MR) is 115 cm³/mol. The number of carbonyl (C=O) groups excluding carboxylic acids is 2. The molecule has 0 aliphatic carbocycles. The maximum Gasteiger partial charge on any atom is 0.331 e. The van der Waals surface area contributed by atoms with Crippen LogP contribution in [0, 0.1) is 0 Å². The van der Waals surface area contributed by atoms with Crippen LogP contribution in [0.25, 0.3) is 0 Å². The monoisotopic (exact) mass is 402 g/mol. The number of aliphatic hydroxyl groups is 2. The van der Waals surface area contributed by atoms with Crippen LogP contribution < -0.4 is 0 Å². The van der Waals surface area contributed by atoms with E-state index >= 15 is 0 Å². The summed E-state index contributed by atoms with van der Waals surface area (Å²) in [4.78, 5) is 23.6. The standard InChI is InChI=1S/C24H34O5/c1-20-13-7-3-2-4-8-16-22(26)19-23(27)17-11-5-9-14-21(25)15-10-6-12-18-24(28)29-20/h2,4-6,9-12,14,18,20-21,23,25,27H,3,7-8,13,15-17,19H2,1H3/b4-2-,10-6-,11-5?,14-9?,18-12?/t20-,21-,23+/m1/s1. The van der Waals surface area contributed by atoms with Gasteiger partial charge in [0.1, 0.15) is 5.78 Å². The lowest BCUT2D eigenvalue weighted by molar-refractivity contribution is -0.142. The van der Waals surface area contributed by atoms with E-state index in [9.17, 15) is 19.8 Å². The summed E-state index contributed by atoms with van der Waals surface area (Å²) in [5.74, 6) is -0.324. The zero-order chi connectivity index (χ0) is 21.3. The van der Waals surface area contributed by atoms with Crippen LogP contribution in [0.5, 0.6) is 0 Å². The smallest absolute Gasteiger partial charge is 0.331 e. The lowest BCUT2D eigenvalue weighted by atomic mass is 10.1. The van der Waals surface area contributed by atoms with Crippen molar-refractivity contribution < 1.29 is 24.5 Å². The summed E-state index contributed by atoms with van der Waals surface area (Å²) in [6.07, 6.45) is 20.5. The van der Waals surface area contributed by atoms with Crippen molar-refractivity contribution >= 4 is 11.8 Å². The highest BCUT2D eigenvalue weighted by molar-refractivity contribution is 5.82. The quantitative estimate of drug-likeness (QED) is 0.470. The molecule has 1 rings (SSSR count). The second-order valence-corrected chi connectivity index (χ2v) is 7.22. The predicted octanol–water partition coefficient (Wildman–Crippen LogP) is 4.12. The van der Waals surface area contributed by atoms with Crippen LogP contribution in [0.1, 0.15) is 58.3 Å². The number of cyclic esters (lactones) is 1. The molecule has 2 N–H and O–H groups in total. The molecule has 0 saturated carbocycles. The average Bonchev–Trinajstić information content (AvgIpc) is 2.65. The van der Waals surface area contributed by atoms with Crippen LogP contribution >= 0.6 is 0 Å². The number of ketones is 1. The number of esters is 1. The van der Waals surface area contributed by atoms with Crippen molar-refractivity contribution in [1.29, 1.82) is 0 Å². The van der Waals surface area contributed by atoms with E-state index < -0.39 is 12.2 Å². The highest BCUT2D eigenvalue weighted by atomic mass is 16.5. The molecule has 29 heavy (non-hydrogen) atoms. The van der Waals surface area contributed by atoms with Crippen LogP contribution in [0.15, 0.2) is 60.8 Å². The van der Waals surface area contributed by atoms with Gasteiger partial charge < -0.3 is 14.9 Å². The number of rotatable bonds is 0. The van der Waals surface area contributed by atoms with Crippen LogP contribution in [-0.4, -0.2) is 40.3 Å². The van der Waals surface area contributed by atoms with E-state index in [1.165, 1.54) is 6.08 Å². The molecule has 0 aromatic rings. The Morgan fingerprint density at radius 1 is 0.931 bits per heavy atom. The SMILES string of the molecule is C[C@@H]1CCC/C=C\CCC(=O)C[C@@H](O)CC=CC=C[C@@H](O)C/C=C\C=CC(=O)O1. The lowest BCUT2D eigenvalue weighted by Crippen LogP contribution is -2.12. The van der Waals surface area contributed by atoms with E-state index in [2.05, 4.69) is 0 Å². The Morgan fingerprint density at radius 3 is 2.48 bits per heavy atom. The first kappa shape index (κ1) is 24.8. The largest absolute Gasteiger partial charge is 0.460 e. The minimum absolute atomic E-state index is 0.0522. The van der Waals surface area contributed by atoms with Gasteiger partial charge in [0.25, 0.3) is 0 Å². The maximum absolute atomic E-state index is 11.9. The molecule has 1 aliphatic heterocycles. The lowest BCUT2D eigenvalue weighted by Gasteiger charge is -2.10. The molecule has 0 aromatic carbocycles. The van der Waals surface area contributed by atoms with Gasteiger partial charge in [0, 0.05) is 18.9 Å². The zero-order valence-electron chi connectivity index (χ0n) is 17.3.